The summed E-state index contributed by atoms with van der Waals surface area (Å²) in [6.45, 7) is 4.92. The fraction of sp³-hybridized carbons (Fsp3) is 1.00. The van der Waals surface area contributed by atoms with Crippen LogP contribution in [0.3, 0.4) is 0 Å². The maximum atomic E-state index is 7.00. The van der Waals surface area contributed by atoms with Gasteiger partial charge in [0.15, 0.2) is 0 Å². The molecule has 12 heavy (non-hydrogen) atoms. The maximum absolute atomic E-state index is 7.00. The molecule has 0 atom stereocenters. The summed E-state index contributed by atoms with van der Waals surface area (Å²) >= 11 is 0. The molecule has 0 unspecified atom stereocenters. The molecule has 1 aliphatic carbocycles. The highest BCUT2D eigenvalue weighted by molar-refractivity contribution is 4.94. The molecule has 1 heterocycles. The van der Waals surface area contributed by atoms with Crippen LogP contribution in [-0.4, -0.2) is 25.3 Å². The van der Waals surface area contributed by atoms with Crippen molar-refractivity contribution in [3.05, 3.63) is 0 Å². The Morgan fingerprint density at radius 2 is 1.67 bits per heavy atom. The second-order valence-electron chi connectivity index (χ2n) is 4.26. The van der Waals surface area contributed by atoms with Crippen molar-refractivity contribution in [3.63, 3.8) is 0 Å². The van der Waals surface area contributed by atoms with E-state index in [-0.39, 0.29) is 0 Å². The van der Waals surface area contributed by atoms with E-state index in [0.29, 0.717) is 0 Å². The lowest BCUT2D eigenvalue weighted by molar-refractivity contribution is 0.0315. The van der Waals surface area contributed by atoms with Gasteiger partial charge in [0.05, 0.1) is 0 Å². The Morgan fingerprint density at radius 1 is 1.17 bits per heavy atom. The van der Waals surface area contributed by atoms with Gasteiger partial charge in [-0.2, -0.15) is 0 Å². The molecule has 2 rings (SSSR count). The molecule has 0 aromatic heterocycles. The SMILES string of the molecule is CC1CC2(CCNCC2)C1.CO. The predicted octanol–water partition coefficient (Wildman–Crippen LogP) is 1.39. The van der Waals surface area contributed by atoms with Gasteiger partial charge in [0, 0.05) is 7.11 Å². The first kappa shape index (κ1) is 10.0. The van der Waals surface area contributed by atoms with E-state index in [1.54, 1.807) is 0 Å². The lowest BCUT2D eigenvalue weighted by Gasteiger charge is -2.49. The standard InChI is InChI=1S/C9H17N.CH4O/c1-8-6-9(7-8)2-4-10-5-3-9;1-2/h8,10H,2-7H2,1H3;2H,1H3. The van der Waals surface area contributed by atoms with Crippen molar-refractivity contribution in [3.8, 4) is 0 Å². The van der Waals surface area contributed by atoms with Crippen LogP contribution in [0.15, 0.2) is 0 Å². The molecule has 0 aromatic carbocycles. The summed E-state index contributed by atoms with van der Waals surface area (Å²) < 4.78 is 0. The molecule has 0 amide bonds. The van der Waals surface area contributed by atoms with Gasteiger partial charge < -0.3 is 10.4 Å². The van der Waals surface area contributed by atoms with Gasteiger partial charge in [-0.25, -0.2) is 0 Å². The van der Waals surface area contributed by atoms with Crippen molar-refractivity contribution in [1.82, 2.24) is 5.32 Å². The summed E-state index contributed by atoms with van der Waals surface area (Å²) in [5.41, 5.74) is 0.810. The Labute approximate surface area is 75.4 Å². The summed E-state index contributed by atoms with van der Waals surface area (Å²) in [7, 11) is 1.00. The molecule has 2 heteroatoms. The third kappa shape index (κ3) is 1.99. The van der Waals surface area contributed by atoms with Crippen LogP contribution in [0, 0.1) is 11.3 Å². The first-order valence-electron chi connectivity index (χ1n) is 4.96. The van der Waals surface area contributed by atoms with E-state index in [9.17, 15) is 0 Å². The minimum Gasteiger partial charge on any atom is -0.400 e. The van der Waals surface area contributed by atoms with E-state index in [2.05, 4.69) is 12.2 Å². The normalized spacial score (nSPS) is 27.2. The summed E-state index contributed by atoms with van der Waals surface area (Å²) in [5.74, 6) is 1.03. The first-order chi connectivity index (χ1) is 5.81. The minimum atomic E-state index is 0.810. The molecule has 1 saturated carbocycles. The highest BCUT2D eigenvalue weighted by Crippen LogP contribution is 2.51. The average Bonchev–Trinajstić information content (AvgIpc) is 2.08. The van der Waals surface area contributed by atoms with Crippen LogP contribution in [0.5, 0.6) is 0 Å². The molecule has 2 N–H and O–H groups in total. The van der Waals surface area contributed by atoms with Crippen LogP contribution in [-0.2, 0) is 0 Å². The number of rotatable bonds is 0. The zero-order valence-electron chi connectivity index (χ0n) is 8.27. The number of aliphatic hydroxyl groups is 1. The van der Waals surface area contributed by atoms with Crippen LogP contribution in [0.2, 0.25) is 0 Å². The summed E-state index contributed by atoms with van der Waals surface area (Å²) in [6, 6.07) is 0. The molecule has 0 radical (unpaired) electrons. The second kappa shape index (κ2) is 4.24. The fourth-order valence-electron chi connectivity index (χ4n) is 2.78. The quantitative estimate of drug-likeness (QED) is 0.577. The Bertz CT molecular complexity index is 114. The summed E-state index contributed by atoms with van der Waals surface area (Å²) in [5, 5.41) is 10.4. The predicted molar refractivity (Wildman–Crippen MR) is 51.1 cm³/mol. The zero-order chi connectivity index (χ0) is 9.03. The summed E-state index contributed by atoms with van der Waals surface area (Å²) in [4.78, 5) is 0. The highest BCUT2D eigenvalue weighted by Gasteiger charge is 2.41. The van der Waals surface area contributed by atoms with Gasteiger partial charge in [0.1, 0.15) is 0 Å². The van der Waals surface area contributed by atoms with Crippen LogP contribution in [0.25, 0.3) is 0 Å². The lowest BCUT2D eigenvalue weighted by atomic mass is 9.58. The largest absolute Gasteiger partial charge is 0.400 e. The Morgan fingerprint density at radius 3 is 2.08 bits per heavy atom. The van der Waals surface area contributed by atoms with E-state index in [4.69, 9.17) is 5.11 Å². The van der Waals surface area contributed by atoms with Gasteiger partial charge in [-0.15, -0.1) is 0 Å². The lowest BCUT2D eigenvalue weighted by Crippen LogP contribution is -2.44. The molecule has 2 nitrogen and oxygen atoms in total. The van der Waals surface area contributed by atoms with Gasteiger partial charge in [0.2, 0.25) is 0 Å². The molecular weight excluding hydrogens is 150 g/mol. The molecule has 2 fully saturated rings. The molecule has 1 saturated heterocycles. The smallest absolute Gasteiger partial charge is 0.0319 e. The molecule has 2 aliphatic rings. The van der Waals surface area contributed by atoms with Gasteiger partial charge >= 0.3 is 0 Å². The fourth-order valence-corrected chi connectivity index (χ4v) is 2.78. The molecule has 72 valence electrons. The van der Waals surface area contributed by atoms with Crippen molar-refractivity contribution in [2.45, 2.75) is 32.6 Å². The number of aliphatic hydroxyl groups excluding tert-OH is 1. The van der Waals surface area contributed by atoms with Crippen LogP contribution in [0.4, 0.5) is 0 Å². The van der Waals surface area contributed by atoms with E-state index in [1.165, 1.54) is 38.8 Å². The van der Waals surface area contributed by atoms with Crippen molar-refractivity contribution >= 4 is 0 Å². The first-order valence-corrected chi connectivity index (χ1v) is 4.96. The van der Waals surface area contributed by atoms with Crippen molar-refractivity contribution in [1.29, 1.82) is 0 Å². The molecule has 1 aliphatic heterocycles. The van der Waals surface area contributed by atoms with Crippen molar-refractivity contribution in [2.75, 3.05) is 20.2 Å². The van der Waals surface area contributed by atoms with Crippen LogP contribution >= 0.6 is 0 Å². The number of piperidine rings is 1. The van der Waals surface area contributed by atoms with Gasteiger partial charge in [-0.1, -0.05) is 6.92 Å². The van der Waals surface area contributed by atoms with Crippen molar-refractivity contribution in [2.24, 2.45) is 11.3 Å². The topological polar surface area (TPSA) is 32.3 Å². The van der Waals surface area contributed by atoms with Gasteiger partial charge in [-0.05, 0) is 50.1 Å². The van der Waals surface area contributed by atoms with Crippen LogP contribution < -0.4 is 5.32 Å². The average molecular weight is 171 g/mol. The Balaban J connectivity index is 0.000000336. The summed E-state index contributed by atoms with van der Waals surface area (Å²) in [6.07, 6.45) is 5.90. The second-order valence-corrected chi connectivity index (χ2v) is 4.26. The van der Waals surface area contributed by atoms with Gasteiger partial charge in [0.25, 0.3) is 0 Å². The van der Waals surface area contributed by atoms with Crippen LogP contribution in [0.1, 0.15) is 32.6 Å². The molecule has 1 spiro atoms. The van der Waals surface area contributed by atoms with E-state index in [0.717, 1.165) is 18.4 Å². The monoisotopic (exact) mass is 171 g/mol. The third-order valence-electron chi connectivity index (χ3n) is 3.23. The molecule has 0 bridgehead atoms. The minimum absolute atomic E-state index is 0.810. The van der Waals surface area contributed by atoms with Crippen molar-refractivity contribution < 1.29 is 5.11 Å². The number of nitrogens with one attached hydrogen (secondary N) is 1. The molecule has 0 aromatic rings. The Hall–Kier alpha value is -0.0800. The Kier molecular flexibility index (Phi) is 3.53. The number of hydrogen-bond acceptors (Lipinski definition) is 2. The van der Waals surface area contributed by atoms with E-state index in [1.807, 2.05) is 0 Å². The maximum Gasteiger partial charge on any atom is 0.0319 e. The number of hydrogen-bond donors (Lipinski definition) is 2. The molecular formula is C10H21NO. The van der Waals surface area contributed by atoms with Gasteiger partial charge in [-0.3, -0.25) is 0 Å². The highest BCUT2D eigenvalue weighted by atomic mass is 16.2. The van der Waals surface area contributed by atoms with E-state index >= 15 is 0 Å². The van der Waals surface area contributed by atoms with E-state index < -0.39 is 0 Å². The third-order valence-corrected chi connectivity index (χ3v) is 3.23. The zero-order valence-corrected chi connectivity index (χ0v) is 8.27.